The van der Waals surface area contributed by atoms with E-state index in [4.69, 9.17) is 5.11 Å². The second kappa shape index (κ2) is 7.58. The number of thiazole rings is 1. The molecule has 2 aromatic rings. The first-order chi connectivity index (χ1) is 10.2. The summed E-state index contributed by atoms with van der Waals surface area (Å²) >= 11 is 1.58. The molecule has 0 saturated heterocycles. The van der Waals surface area contributed by atoms with Gasteiger partial charge in [0.05, 0.1) is 5.01 Å². The van der Waals surface area contributed by atoms with Crippen LogP contribution in [0.25, 0.3) is 0 Å². The molecule has 0 aliphatic heterocycles. The van der Waals surface area contributed by atoms with E-state index >= 15 is 0 Å². The summed E-state index contributed by atoms with van der Waals surface area (Å²) in [5.74, 6) is 5.35. The first kappa shape index (κ1) is 15.2. The topological polar surface area (TPSA) is 62.2 Å². The Kier molecular flexibility index (Phi) is 5.50. The lowest BCUT2D eigenvalue weighted by Crippen LogP contribution is -2.25. The predicted molar refractivity (Wildman–Crippen MR) is 83.3 cm³/mol. The molecule has 4 nitrogen and oxygen atoms in total. The van der Waals surface area contributed by atoms with Gasteiger partial charge in [0.25, 0.3) is 5.91 Å². The number of nitrogens with zero attached hydrogens (tertiary/aromatic N) is 1. The van der Waals surface area contributed by atoms with Gasteiger partial charge in [-0.15, -0.1) is 11.3 Å². The quantitative estimate of drug-likeness (QED) is 0.846. The van der Waals surface area contributed by atoms with E-state index in [1.807, 2.05) is 12.3 Å². The van der Waals surface area contributed by atoms with Crippen LogP contribution in [-0.2, 0) is 6.42 Å². The largest absolute Gasteiger partial charge is 0.384 e. The van der Waals surface area contributed by atoms with Crippen molar-refractivity contribution in [3.8, 4) is 11.8 Å². The van der Waals surface area contributed by atoms with Crippen molar-refractivity contribution < 1.29 is 9.90 Å². The zero-order valence-corrected chi connectivity index (χ0v) is 12.5. The molecular weight excluding hydrogens is 284 g/mol. The molecule has 2 rings (SSSR count). The number of benzene rings is 1. The molecule has 0 fully saturated rings. The lowest BCUT2D eigenvalue weighted by molar-refractivity contribution is 0.0954. The van der Waals surface area contributed by atoms with E-state index in [2.05, 4.69) is 22.1 Å². The third kappa shape index (κ3) is 4.42. The Morgan fingerprint density at radius 3 is 3.00 bits per heavy atom. The molecule has 0 unspecified atom stereocenters. The zero-order chi connectivity index (χ0) is 15.1. The summed E-state index contributed by atoms with van der Waals surface area (Å²) < 4.78 is 0. The van der Waals surface area contributed by atoms with Crippen molar-refractivity contribution in [2.24, 2.45) is 0 Å². The maximum atomic E-state index is 12.0. The van der Waals surface area contributed by atoms with Gasteiger partial charge < -0.3 is 10.4 Å². The fourth-order valence-electron chi connectivity index (χ4n) is 1.84. The first-order valence-corrected chi connectivity index (χ1v) is 7.45. The van der Waals surface area contributed by atoms with Gasteiger partial charge in [-0.2, -0.15) is 0 Å². The number of aliphatic hydroxyl groups is 1. The minimum absolute atomic E-state index is 0.101. The van der Waals surface area contributed by atoms with Crippen LogP contribution in [0.2, 0.25) is 0 Å². The van der Waals surface area contributed by atoms with E-state index in [0.29, 0.717) is 12.1 Å². The Balaban J connectivity index is 1.94. The fourth-order valence-corrected chi connectivity index (χ4v) is 2.46. The van der Waals surface area contributed by atoms with Crippen LogP contribution >= 0.6 is 11.3 Å². The number of aryl methyl sites for hydroxylation is 1. The number of amides is 1. The van der Waals surface area contributed by atoms with E-state index in [9.17, 15) is 4.79 Å². The molecule has 1 heterocycles. The van der Waals surface area contributed by atoms with Crippen molar-refractivity contribution >= 4 is 17.2 Å². The molecule has 0 bridgehead atoms. The second-order valence-electron chi connectivity index (χ2n) is 4.42. The Morgan fingerprint density at radius 1 is 1.48 bits per heavy atom. The number of aromatic nitrogens is 1. The monoisotopic (exact) mass is 300 g/mol. The Labute approximate surface area is 127 Å². The van der Waals surface area contributed by atoms with Gasteiger partial charge in [-0.1, -0.05) is 11.8 Å². The van der Waals surface area contributed by atoms with Crippen molar-refractivity contribution in [2.45, 2.75) is 13.3 Å². The third-order valence-electron chi connectivity index (χ3n) is 2.90. The van der Waals surface area contributed by atoms with Crippen LogP contribution in [0.4, 0.5) is 0 Å². The predicted octanol–water partition coefficient (Wildman–Crippen LogP) is 1.77. The number of hydrogen-bond acceptors (Lipinski definition) is 4. The van der Waals surface area contributed by atoms with Crippen LogP contribution < -0.4 is 5.32 Å². The fraction of sp³-hybridized carbons (Fsp3) is 0.250. The van der Waals surface area contributed by atoms with Gasteiger partial charge in [0.15, 0.2) is 0 Å². The summed E-state index contributed by atoms with van der Waals surface area (Å²) in [6, 6.07) is 5.35. The second-order valence-corrected chi connectivity index (χ2v) is 5.40. The molecule has 108 valence electrons. The smallest absolute Gasteiger partial charge is 0.251 e. The lowest BCUT2D eigenvalue weighted by atomic mass is 10.0. The minimum atomic E-state index is -0.168. The van der Waals surface area contributed by atoms with Crippen LogP contribution in [0.3, 0.4) is 0 Å². The van der Waals surface area contributed by atoms with E-state index < -0.39 is 0 Å². The van der Waals surface area contributed by atoms with Gasteiger partial charge in [-0.05, 0) is 30.7 Å². The van der Waals surface area contributed by atoms with E-state index in [1.54, 1.807) is 35.7 Å². The van der Waals surface area contributed by atoms with Crippen molar-refractivity contribution in [2.75, 3.05) is 13.2 Å². The van der Waals surface area contributed by atoms with Crippen LogP contribution in [0.5, 0.6) is 0 Å². The molecule has 0 saturated carbocycles. The lowest BCUT2D eigenvalue weighted by Gasteiger charge is -2.06. The molecule has 0 radical (unpaired) electrons. The van der Waals surface area contributed by atoms with Gasteiger partial charge in [0, 0.05) is 35.7 Å². The van der Waals surface area contributed by atoms with Crippen molar-refractivity contribution in [1.29, 1.82) is 0 Å². The Bertz CT molecular complexity index is 669. The molecule has 0 aliphatic carbocycles. The average Bonchev–Trinajstić information content (AvgIpc) is 2.99. The van der Waals surface area contributed by atoms with E-state index in [1.165, 1.54) is 0 Å². The van der Waals surface area contributed by atoms with Crippen molar-refractivity contribution in [3.63, 3.8) is 0 Å². The van der Waals surface area contributed by atoms with Crippen molar-refractivity contribution in [1.82, 2.24) is 10.3 Å². The molecule has 5 heteroatoms. The van der Waals surface area contributed by atoms with E-state index in [-0.39, 0.29) is 12.5 Å². The van der Waals surface area contributed by atoms with Gasteiger partial charge in [0.2, 0.25) is 0 Å². The zero-order valence-electron chi connectivity index (χ0n) is 11.7. The highest BCUT2D eigenvalue weighted by atomic mass is 32.1. The molecule has 21 heavy (non-hydrogen) atoms. The normalized spacial score (nSPS) is 9.81. The molecule has 1 aromatic heterocycles. The summed E-state index contributed by atoms with van der Waals surface area (Å²) in [6.07, 6.45) is 2.50. The number of carbonyl (C=O) groups excluding carboxylic acids is 1. The molecule has 1 amide bonds. The summed E-state index contributed by atoms with van der Waals surface area (Å²) in [7, 11) is 0. The molecule has 0 spiro atoms. The summed E-state index contributed by atoms with van der Waals surface area (Å²) in [6.45, 7) is 2.30. The molecule has 2 N–H and O–H groups in total. The Morgan fingerprint density at radius 2 is 2.33 bits per heavy atom. The summed E-state index contributed by atoms with van der Waals surface area (Å²) in [5.41, 5.74) is 2.35. The SMILES string of the molecule is Cc1cc(C(=O)NCCc2nccs2)ccc1C#CCO. The highest BCUT2D eigenvalue weighted by molar-refractivity contribution is 7.09. The number of carbonyl (C=O) groups is 1. The molecule has 0 aliphatic rings. The minimum Gasteiger partial charge on any atom is -0.384 e. The van der Waals surface area contributed by atoms with Gasteiger partial charge in [0.1, 0.15) is 6.61 Å². The van der Waals surface area contributed by atoms with E-state index in [0.717, 1.165) is 22.6 Å². The number of nitrogens with one attached hydrogen (secondary N) is 1. The molecule has 0 atom stereocenters. The van der Waals surface area contributed by atoms with Crippen LogP contribution in [0.15, 0.2) is 29.8 Å². The Hall–Kier alpha value is -2.16. The van der Waals surface area contributed by atoms with Crippen LogP contribution in [-0.4, -0.2) is 29.1 Å². The first-order valence-electron chi connectivity index (χ1n) is 6.57. The highest BCUT2D eigenvalue weighted by Crippen LogP contribution is 2.10. The van der Waals surface area contributed by atoms with Gasteiger partial charge >= 0.3 is 0 Å². The van der Waals surface area contributed by atoms with Gasteiger partial charge in [-0.3, -0.25) is 4.79 Å². The third-order valence-corrected chi connectivity index (χ3v) is 3.74. The van der Waals surface area contributed by atoms with Crippen molar-refractivity contribution in [3.05, 3.63) is 51.5 Å². The van der Waals surface area contributed by atoms with Crippen LogP contribution in [0, 0.1) is 18.8 Å². The standard InChI is InChI=1S/C16H16N2O2S/c1-12-11-14(5-4-13(12)3-2-9-19)16(20)18-7-6-15-17-8-10-21-15/h4-5,8,10-11,19H,6-7,9H2,1H3,(H,18,20). The number of aliphatic hydroxyl groups excluding tert-OH is 1. The molecule has 1 aromatic carbocycles. The van der Waals surface area contributed by atoms with Gasteiger partial charge in [-0.25, -0.2) is 4.98 Å². The van der Waals surface area contributed by atoms with Crippen LogP contribution in [0.1, 0.15) is 26.5 Å². The summed E-state index contributed by atoms with van der Waals surface area (Å²) in [5, 5.41) is 14.5. The number of hydrogen-bond donors (Lipinski definition) is 2. The maximum Gasteiger partial charge on any atom is 0.251 e. The average molecular weight is 300 g/mol. The molecular formula is C16H16N2O2S. The number of rotatable bonds is 4. The summed E-state index contributed by atoms with van der Waals surface area (Å²) in [4.78, 5) is 16.2. The maximum absolute atomic E-state index is 12.0. The highest BCUT2D eigenvalue weighted by Gasteiger charge is 2.07.